The van der Waals surface area contributed by atoms with Crippen LogP contribution in [0.2, 0.25) is 0 Å². The van der Waals surface area contributed by atoms with Crippen LogP contribution in [-0.2, 0) is 9.53 Å². The lowest BCUT2D eigenvalue weighted by Gasteiger charge is -2.39. The number of oxime groups is 1. The Bertz CT molecular complexity index is 374. The van der Waals surface area contributed by atoms with Crippen LogP contribution in [0.3, 0.4) is 0 Å². The largest absolute Gasteiger partial charge is 0.409 e. The fourth-order valence-electron chi connectivity index (χ4n) is 3.10. The first-order chi connectivity index (χ1) is 10.2. The third kappa shape index (κ3) is 3.85. The second kappa shape index (κ2) is 7.61. The van der Waals surface area contributed by atoms with Gasteiger partial charge in [-0.3, -0.25) is 9.69 Å². The molecule has 2 rings (SSSR count). The maximum absolute atomic E-state index is 12.3. The van der Waals surface area contributed by atoms with Crippen LogP contribution < -0.4 is 5.73 Å². The standard InChI is InChI=1S/C14H26N4O3/c1-2-3-12(13(15)16-20)17-5-7-18(8-6-17)14(19)11-4-9-21-10-11/h11-12,20H,2-10H2,1H3,(H2,15,16). The summed E-state index contributed by atoms with van der Waals surface area (Å²) in [5.74, 6) is 0.510. The molecule has 2 fully saturated rings. The average Bonchev–Trinajstić information content (AvgIpc) is 3.06. The van der Waals surface area contributed by atoms with Crippen molar-refractivity contribution >= 4 is 11.7 Å². The fourth-order valence-corrected chi connectivity index (χ4v) is 3.10. The van der Waals surface area contributed by atoms with Crippen molar-refractivity contribution in [2.75, 3.05) is 39.4 Å². The van der Waals surface area contributed by atoms with Crippen molar-refractivity contribution in [3.63, 3.8) is 0 Å². The maximum Gasteiger partial charge on any atom is 0.228 e. The molecule has 2 heterocycles. The lowest BCUT2D eigenvalue weighted by molar-refractivity contribution is -0.137. The van der Waals surface area contributed by atoms with Crippen LogP contribution in [0.25, 0.3) is 0 Å². The molecule has 0 spiro atoms. The van der Waals surface area contributed by atoms with E-state index in [1.807, 2.05) is 4.90 Å². The Morgan fingerprint density at radius 3 is 2.67 bits per heavy atom. The van der Waals surface area contributed by atoms with Crippen LogP contribution in [0.4, 0.5) is 0 Å². The highest BCUT2D eigenvalue weighted by Gasteiger charge is 2.32. The predicted molar refractivity (Wildman–Crippen MR) is 79.2 cm³/mol. The number of nitrogens with zero attached hydrogens (tertiary/aromatic N) is 3. The minimum absolute atomic E-state index is 0.0343. The molecule has 0 saturated carbocycles. The molecular weight excluding hydrogens is 272 g/mol. The summed E-state index contributed by atoms with van der Waals surface area (Å²) in [6.07, 6.45) is 2.67. The Kier molecular flexibility index (Phi) is 5.81. The van der Waals surface area contributed by atoms with Crippen molar-refractivity contribution in [3.8, 4) is 0 Å². The topological polar surface area (TPSA) is 91.4 Å². The number of rotatable bonds is 5. The van der Waals surface area contributed by atoms with Crippen LogP contribution in [0.15, 0.2) is 5.16 Å². The highest BCUT2D eigenvalue weighted by Crippen LogP contribution is 2.18. The van der Waals surface area contributed by atoms with Gasteiger partial charge in [-0.15, -0.1) is 0 Å². The first-order valence-corrected chi connectivity index (χ1v) is 7.75. The summed E-state index contributed by atoms with van der Waals surface area (Å²) in [6.45, 7) is 6.26. The predicted octanol–water partition coefficient (Wildman–Crippen LogP) is 0.0822. The molecule has 120 valence electrons. The second-order valence-electron chi connectivity index (χ2n) is 5.75. The van der Waals surface area contributed by atoms with Crippen molar-refractivity contribution in [1.29, 1.82) is 0 Å². The summed E-state index contributed by atoms with van der Waals surface area (Å²) in [4.78, 5) is 16.5. The van der Waals surface area contributed by atoms with Gasteiger partial charge in [0, 0.05) is 32.8 Å². The molecule has 1 amide bonds. The van der Waals surface area contributed by atoms with Crippen molar-refractivity contribution < 1.29 is 14.7 Å². The Balaban J connectivity index is 1.87. The number of amidine groups is 1. The zero-order valence-electron chi connectivity index (χ0n) is 12.7. The molecule has 3 N–H and O–H groups in total. The van der Waals surface area contributed by atoms with E-state index in [9.17, 15) is 4.79 Å². The molecule has 2 unspecified atom stereocenters. The van der Waals surface area contributed by atoms with Gasteiger partial charge in [-0.25, -0.2) is 0 Å². The normalized spacial score (nSPS) is 26.0. The van der Waals surface area contributed by atoms with Crippen LogP contribution in [0.1, 0.15) is 26.2 Å². The molecule has 0 bridgehead atoms. The average molecular weight is 298 g/mol. The van der Waals surface area contributed by atoms with Gasteiger partial charge in [-0.1, -0.05) is 18.5 Å². The molecule has 2 atom stereocenters. The van der Waals surface area contributed by atoms with Gasteiger partial charge in [0.1, 0.15) is 0 Å². The number of amides is 1. The highest BCUT2D eigenvalue weighted by molar-refractivity contribution is 5.85. The van der Waals surface area contributed by atoms with Crippen LogP contribution >= 0.6 is 0 Å². The summed E-state index contributed by atoms with van der Waals surface area (Å²) in [5.41, 5.74) is 5.79. The monoisotopic (exact) mass is 298 g/mol. The van der Waals surface area contributed by atoms with E-state index in [-0.39, 0.29) is 23.7 Å². The number of ether oxygens (including phenoxy) is 1. The van der Waals surface area contributed by atoms with Crippen LogP contribution in [-0.4, -0.2) is 72.2 Å². The van der Waals surface area contributed by atoms with E-state index in [1.165, 1.54) is 0 Å². The minimum atomic E-state index is -0.0351. The third-order valence-corrected chi connectivity index (χ3v) is 4.36. The van der Waals surface area contributed by atoms with Crippen molar-refractivity contribution in [1.82, 2.24) is 9.80 Å². The van der Waals surface area contributed by atoms with Gasteiger partial charge in [-0.05, 0) is 12.8 Å². The number of carbonyl (C=O) groups is 1. The van der Waals surface area contributed by atoms with Crippen molar-refractivity contribution in [2.24, 2.45) is 16.8 Å². The molecule has 7 heteroatoms. The van der Waals surface area contributed by atoms with Gasteiger partial charge < -0.3 is 20.6 Å². The lowest BCUT2D eigenvalue weighted by atomic mass is 10.1. The van der Waals surface area contributed by atoms with Crippen molar-refractivity contribution in [3.05, 3.63) is 0 Å². The second-order valence-corrected chi connectivity index (χ2v) is 5.75. The fraction of sp³-hybridized carbons (Fsp3) is 0.857. The molecular formula is C14H26N4O3. The molecule has 0 radical (unpaired) electrons. The van der Waals surface area contributed by atoms with E-state index in [0.717, 1.165) is 32.4 Å². The van der Waals surface area contributed by atoms with Gasteiger partial charge in [0.25, 0.3) is 0 Å². The molecule has 2 aliphatic rings. The van der Waals surface area contributed by atoms with Crippen molar-refractivity contribution in [2.45, 2.75) is 32.2 Å². The van der Waals surface area contributed by atoms with Gasteiger partial charge in [0.15, 0.2) is 5.84 Å². The minimum Gasteiger partial charge on any atom is -0.409 e. The summed E-state index contributed by atoms with van der Waals surface area (Å²) >= 11 is 0. The van der Waals surface area contributed by atoms with E-state index in [4.69, 9.17) is 15.7 Å². The van der Waals surface area contributed by atoms with Gasteiger partial charge >= 0.3 is 0 Å². The van der Waals surface area contributed by atoms with E-state index in [1.54, 1.807) is 0 Å². The van der Waals surface area contributed by atoms with E-state index >= 15 is 0 Å². The van der Waals surface area contributed by atoms with Crippen LogP contribution in [0, 0.1) is 5.92 Å². The molecule has 0 aliphatic carbocycles. The highest BCUT2D eigenvalue weighted by atomic mass is 16.5. The molecule has 21 heavy (non-hydrogen) atoms. The summed E-state index contributed by atoms with van der Waals surface area (Å²) in [7, 11) is 0. The molecule has 0 aromatic rings. The van der Waals surface area contributed by atoms with Gasteiger partial charge in [-0.2, -0.15) is 0 Å². The molecule has 0 aromatic carbocycles. The molecule has 7 nitrogen and oxygen atoms in total. The molecule has 2 saturated heterocycles. The Labute approximate surface area is 125 Å². The number of piperazine rings is 1. The van der Waals surface area contributed by atoms with E-state index in [0.29, 0.717) is 26.3 Å². The zero-order chi connectivity index (χ0) is 15.2. The van der Waals surface area contributed by atoms with E-state index < -0.39 is 0 Å². The smallest absolute Gasteiger partial charge is 0.228 e. The summed E-state index contributed by atoms with van der Waals surface area (Å²) in [6, 6.07) is -0.0351. The number of nitrogens with two attached hydrogens (primary N) is 1. The number of hydrogen-bond donors (Lipinski definition) is 2. The Morgan fingerprint density at radius 1 is 1.43 bits per heavy atom. The lowest BCUT2D eigenvalue weighted by Crippen LogP contribution is -2.56. The first-order valence-electron chi connectivity index (χ1n) is 7.75. The van der Waals surface area contributed by atoms with Gasteiger partial charge in [0.05, 0.1) is 18.6 Å². The molecule has 0 aromatic heterocycles. The maximum atomic E-state index is 12.3. The number of hydrogen-bond acceptors (Lipinski definition) is 5. The summed E-state index contributed by atoms with van der Waals surface area (Å²) < 4.78 is 5.29. The number of carbonyl (C=O) groups excluding carboxylic acids is 1. The van der Waals surface area contributed by atoms with E-state index in [2.05, 4.69) is 17.0 Å². The Hall–Kier alpha value is -1.34. The Morgan fingerprint density at radius 2 is 2.14 bits per heavy atom. The van der Waals surface area contributed by atoms with Gasteiger partial charge in [0.2, 0.25) is 5.91 Å². The van der Waals surface area contributed by atoms with Crippen LogP contribution in [0.5, 0.6) is 0 Å². The summed E-state index contributed by atoms with van der Waals surface area (Å²) in [5, 5.41) is 12.1. The first kappa shape index (κ1) is 16.0. The SMILES string of the molecule is CCCC(C(N)=NO)N1CCN(C(=O)C2CCOC2)CC1. The zero-order valence-corrected chi connectivity index (χ0v) is 12.7. The third-order valence-electron chi connectivity index (χ3n) is 4.36. The quantitative estimate of drug-likeness (QED) is 0.325. The molecule has 2 aliphatic heterocycles.